The van der Waals surface area contributed by atoms with E-state index in [2.05, 4.69) is 4.98 Å². The number of ketones is 1. The lowest BCUT2D eigenvalue weighted by Gasteiger charge is -2.00. The molecule has 0 bridgehead atoms. The molecule has 2 nitrogen and oxygen atoms in total. The van der Waals surface area contributed by atoms with Crippen molar-refractivity contribution in [2.75, 3.05) is 0 Å². The zero-order chi connectivity index (χ0) is 10.5. The van der Waals surface area contributed by atoms with Gasteiger partial charge in [-0.3, -0.25) is 9.78 Å². The van der Waals surface area contributed by atoms with E-state index in [4.69, 9.17) is 0 Å². The fraction of sp³-hybridized carbons (Fsp3) is 0.0769. The molecular weight excluding hydrogens is 266 g/mol. The van der Waals surface area contributed by atoms with Gasteiger partial charge >= 0.3 is 0 Å². The summed E-state index contributed by atoms with van der Waals surface area (Å²) >= 11 is 0. The summed E-state index contributed by atoms with van der Waals surface area (Å²) in [6.07, 6.45) is 3.71. The molecule has 0 saturated heterocycles. The molecule has 0 radical (unpaired) electrons. The van der Waals surface area contributed by atoms with Gasteiger partial charge in [0.15, 0.2) is 5.78 Å². The molecule has 0 saturated carbocycles. The zero-order valence-corrected chi connectivity index (χ0v) is 10.4. The molecule has 0 fully saturated rings. The van der Waals surface area contributed by atoms with Crippen molar-refractivity contribution in [3.63, 3.8) is 0 Å². The Bertz CT molecular complexity index is 442. The van der Waals surface area contributed by atoms with Gasteiger partial charge in [-0.05, 0) is 17.7 Å². The molecule has 82 valence electrons. The molecule has 0 atom stereocenters. The fourth-order valence-electron chi connectivity index (χ4n) is 1.41. The number of carbonyl (C=O) groups is 1. The molecular formula is C13H12BrNO. The number of nitrogens with zero attached hydrogens (tertiary/aromatic N) is 1. The Kier molecular flexibility index (Phi) is 4.86. The van der Waals surface area contributed by atoms with Crippen molar-refractivity contribution >= 4 is 22.8 Å². The van der Waals surface area contributed by atoms with E-state index in [-0.39, 0.29) is 22.8 Å². The van der Waals surface area contributed by atoms with Crippen LogP contribution in [0, 0.1) is 0 Å². The van der Waals surface area contributed by atoms with Crippen molar-refractivity contribution in [1.29, 1.82) is 0 Å². The molecule has 0 unspecified atom stereocenters. The van der Waals surface area contributed by atoms with E-state index in [1.165, 1.54) is 0 Å². The third-order valence-electron chi connectivity index (χ3n) is 2.19. The average molecular weight is 278 g/mol. The summed E-state index contributed by atoms with van der Waals surface area (Å²) < 4.78 is 0. The minimum atomic E-state index is 0. The molecule has 1 aromatic carbocycles. The number of aromatic nitrogens is 1. The van der Waals surface area contributed by atoms with Crippen LogP contribution >= 0.6 is 17.0 Å². The van der Waals surface area contributed by atoms with Gasteiger partial charge in [0.1, 0.15) is 0 Å². The maximum absolute atomic E-state index is 11.8. The van der Waals surface area contributed by atoms with Gasteiger partial charge in [-0.15, -0.1) is 17.0 Å². The molecule has 1 heterocycles. The summed E-state index contributed by atoms with van der Waals surface area (Å²) in [5.41, 5.74) is 1.70. The second-order valence-corrected chi connectivity index (χ2v) is 3.33. The van der Waals surface area contributed by atoms with Crippen LogP contribution in [0.15, 0.2) is 54.9 Å². The van der Waals surface area contributed by atoms with Crippen molar-refractivity contribution < 1.29 is 4.79 Å². The molecule has 0 N–H and O–H groups in total. The monoisotopic (exact) mass is 277 g/mol. The van der Waals surface area contributed by atoms with Crippen LogP contribution in [0.5, 0.6) is 0 Å². The van der Waals surface area contributed by atoms with E-state index in [1.54, 1.807) is 24.5 Å². The van der Waals surface area contributed by atoms with Crippen LogP contribution in [0.3, 0.4) is 0 Å². The minimum absolute atomic E-state index is 0. The Morgan fingerprint density at radius 2 is 1.81 bits per heavy atom. The summed E-state index contributed by atoms with van der Waals surface area (Å²) in [6, 6.07) is 13.3. The first kappa shape index (κ1) is 12.6. The highest BCUT2D eigenvalue weighted by atomic mass is 79.9. The lowest BCUT2D eigenvalue weighted by Crippen LogP contribution is -2.03. The van der Waals surface area contributed by atoms with Gasteiger partial charge in [-0.25, -0.2) is 0 Å². The van der Waals surface area contributed by atoms with Gasteiger partial charge in [0.05, 0.1) is 0 Å². The highest BCUT2D eigenvalue weighted by molar-refractivity contribution is 8.93. The SMILES string of the molecule is Br.O=C(Cc1ccccc1)c1cccnc1. The number of benzene rings is 1. The van der Waals surface area contributed by atoms with Crippen molar-refractivity contribution in [3.05, 3.63) is 66.0 Å². The van der Waals surface area contributed by atoms with Crippen molar-refractivity contribution in [2.45, 2.75) is 6.42 Å². The van der Waals surface area contributed by atoms with Crippen LogP contribution in [0.25, 0.3) is 0 Å². The number of hydrogen-bond donors (Lipinski definition) is 0. The van der Waals surface area contributed by atoms with Crippen LogP contribution in [0.2, 0.25) is 0 Å². The first-order chi connectivity index (χ1) is 7.36. The molecule has 3 heteroatoms. The summed E-state index contributed by atoms with van der Waals surface area (Å²) in [5, 5.41) is 0. The van der Waals surface area contributed by atoms with Gasteiger partial charge < -0.3 is 0 Å². The number of Topliss-reactive ketones (excluding diaryl/α,β-unsaturated/α-hetero) is 1. The number of carbonyl (C=O) groups excluding carboxylic acids is 1. The van der Waals surface area contributed by atoms with Crippen molar-refractivity contribution in [1.82, 2.24) is 4.98 Å². The Morgan fingerprint density at radius 1 is 1.06 bits per heavy atom. The topological polar surface area (TPSA) is 30.0 Å². The van der Waals surface area contributed by atoms with E-state index >= 15 is 0 Å². The largest absolute Gasteiger partial charge is 0.294 e. The molecule has 0 aliphatic heterocycles. The standard InChI is InChI=1S/C13H11NO.BrH/c15-13(12-7-4-8-14-10-12)9-11-5-2-1-3-6-11;/h1-8,10H,9H2;1H. The van der Waals surface area contributed by atoms with E-state index in [0.29, 0.717) is 12.0 Å². The normalized spacial score (nSPS) is 9.25. The number of rotatable bonds is 3. The number of pyridine rings is 1. The molecule has 0 aliphatic rings. The van der Waals surface area contributed by atoms with Gasteiger partial charge in [-0.2, -0.15) is 0 Å². The molecule has 1 aromatic heterocycles. The van der Waals surface area contributed by atoms with Crippen LogP contribution in [-0.4, -0.2) is 10.8 Å². The quantitative estimate of drug-likeness (QED) is 0.807. The number of hydrogen-bond acceptors (Lipinski definition) is 2. The third kappa shape index (κ3) is 3.28. The average Bonchev–Trinajstić information content (AvgIpc) is 2.31. The van der Waals surface area contributed by atoms with Gasteiger partial charge in [0.2, 0.25) is 0 Å². The van der Waals surface area contributed by atoms with Crippen LogP contribution in [-0.2, 0) is 6.42 Å². The van der Waals surface area contributed by atoms with Gasteiger partial charge in [0, 0.05) is 24.4 Å². The molecule has 16 heavy (non-hydrogen) atoms. The van der Waals surface area contributed by atoms with E-state index < -0.39 is 0 Å². The second kappa shape index (κ2) is 6.18. The van der Waals surface area contributed by atoms with Crippen molar-refractivity contribution in [2.24, 2.45) is 0 Å². The summed E-state index contributed by atoms with van der Waals surface area (Å²) in [6.45, 7) is 0. The first-order valence-electron chi connectivity index (χ1n) is 4.83. The lowest BCUT2D eigenvalue weighted by molar-refractivity contribution is 0.0992. The lowest BCUT2D eigenvalue weighted by atomic mass is 10.0. The Balaban J connectivity index is 0.00000128. The van der Waals surface area contributed by atoms with Crippen LogP contribution in [0.1, 0.15) is 15.9 Å². The molecule has 0 amide bonds. The minimum Gasteiger partial charge on any atom is -0.294 e. The summed E-state index contributed by atoms with van der Waals surface area (Å²) in [5.74, 6) is 0.106. The maximum atomic E-state index is 11.8. The Labute approximate surface area is 105 Å². The van der Waals surface area contributed by atoms with E-state index in [9.17, 15) is 4.79 Å². The van der Waals surface area contributed by atoms with E-state index in [0.717, 1.165) is 5.56 Å². The first-order valence-corrected chi connectivity index (χ1v) is 4.83. The third-order valence-corrected chi connectivity index (χ3v) is 2.19. The highest BCUT2D eigenvalue weighted by Gasteiger charge is 2.05. The molecule has 0 spiro atoms. The Hall–Kier alpha value is -1.48. The van der Waals surface area contributed by atoms with Crippen molar-refractivity contribution in [3.8, 4) is 0 Å². The fourth-order valence-corrected chi connectivity index (χ4v) is 1.41. The van der Waals surface area contributed by atoms with E-state index in [1.807, 2.05) is 30.3 Å². The molecule has 0 aliphatic carbocycles. The number of halogens is 1. The molecule has 2 rings (SSSR count). The second-order valence-electron chi connectivity index (χ2n) is 3.33. The highest BCUT2D eigenvalue weighted by Crippen LogP contribution is 2.05. The summed E-state index contributed by atoms with van der Waals surface area (Å²) in [4.78, 5) is 15.7. The summed E-state index contributed by atoms with van der Waals surface area (Å²) in [7, 11) is 0. The maximum Gasteiger partial charge on any atom is 0.168 e. The zero-order valence-electron chi connectivity index (χ0n) is 8.67. The van der Waals surface area contributed by atoms with Crippen LogP contribution < -0.4 is 0 Å². The Morgan fingerprint density at radius 3 is 2.44 bits per heavy atom. The smallest absolute Gasteiger partial charge is 0.168 e. The van der Waals surface area contributed by atoms with Crippen LogP contribution in [0.4, 0.5) is 0 Å². The van der Waals surface area contributed by atoms with Gasteiger partial charge in [-0.1, -0.05) is 30.3 Å². The predicted molar refractivity (Wildman–Crippen MR) is 69.0 cm³/mol. The molecule has 2 aromatic rings. The van der Waals surface area contributed by atoms with Gasteiger partial charge in [0.25, 0.3) is 0 Å². The predicted octanol–water partition coefficient (Wildman–Crippen LogP) is 3.08.